The molecule has 6 heteroatoms. The fourth-order valence-corrected chi connectivity index (χ4v) is 2.26. The molecule has 0 saturated heterocycles. The van der Waals surface area contributed by atoms with E-state index in [1.165, 1.54) is 19.3 Å². The number of hydrogen-bond acceptors (Lipinski definition) is 3. The molecule has 0 aromatic rings. The third-order valence-electron chi connectivity index (χ3n) is 3.19. The first-order valence-corrected chi connectivity index (χ1v) is 6.69. The summed E-state index contributed by atoms with van der Waals surface area (Å²) in [6.45, 7) is 2.77. The van der Waals surface area contributed by atoms with Gasteiger partial charge in [-0.05, 0) is 19.3 Å². The van der Waals surface area contributed by atoms with Crippen LogP contribution in [0.2, 0.25) is 0 Å². The second kappa shape index (κ2) is 7.79. The van der Waals surface area contributed by atoms with Gasteiger partial charge in [0.2, 0.25) is 0 Å². The summed E-state index contributed by atoms with van der Waals surface area (Å²) in [5.74, 6) is 0.0576. The van der Waals surface area contributed by atoms with Crippen LogP contribution in [-0.2, 0) is 0 Å². The number of nitrogens with one attached hydrogen (secondary N) is 1. The summed E-state index contributed by atoms with van der Waals surface area (Å²) >= 11 is 0. The van der Waals surface area contributed by atoms with Gasteiger partial charge in [0, 0.05) is 12.6 Å². The van der Waals surface area contributed by atoms with Crippen molar-refractivity contribution in [3.8, 4) is 0 Å². The highest BCUT2D eigenvalue weighted by atomic mass is 16.4. The van der Waals surface area contributed by atoms with Crippen LogP contribution in [0.1, 0.15) is 45.4 Å². The zero-order valence-electron chi connectivity index (χ0n) is 11.1. The number of urea groups is 1. The Balaban J connectivity index is 2.47. The highest BCUT2D eigenvalue weighted by Crippen LogP contribution is 2.17. The largest absolute Gasteiger partial charge is 0.409 e. The number of rotatable bonds is 5. The molecule has 4 N–H and O–H groups in total. The minimum absolute atomic E-state index is 0.0576. The van der Waals surface area contributed by atoms with Crippen molar-refractivity contribution < 1.29 is 10.0 Å². The number of amides is 2. The quantitative estimate of drug-likeness (QED) is 0.301. The highest BCUT2D eigenvalue weighted by Gasteiger charge is 2.20. The third kappa shape index (κ3) is 4.81. The molecule has 6 nitrogen and oxygen atoms in total. The van der Waals surface area contributed by atoms with E-state index in [-0.39, 0.29) is 24.5 Å². The van der Waals surface area contributed by atoms with Gasteiger partial charge in [0.15, 0.2) is 5.84 Å². The van der Waals surface area contributed by atoms with Gasteiger partial charge >= 0.3 is 6.03 Å². The van der Waals surface area contributed by atoms with Gasteiger partial charge < -0.3 is 21.2 Å². The summed E-state index contributed by atoms with van der Waals surface area (Å²) in [5.41, 5.74) is 5.45. The molecule has 2 amide bonds. The first-order chi connectivity index (χ1) is 8.67. The van der Waals surface area contributed by atoms with E-state index < -0.39 is 0 Å². The molecule has 0 bridgehead atoms. The number of hydrogen-bond donors (Lipinski definition) is 3. The van der Waals surface area contributed by atoms with E-state index in [2.05, 4.69) is 10.5 Å². The lowest BCUT2D eigenvalue weighted by Gasteiger charge is -2.27. The molecule has 1 aliphatic rings. The van der Waals surface area contributed by atoms with E-state index >= 15 is 0 Å². The van der Waals surface area contributed by atoms with E-state index in [4.69, 9.17) is 10.9 Å². The first-order valence-electron chi connectivity index (χ1n) is 6.69. The molecule has 1 rings (SSSR count). The number of nitrogens with two attached hydrogens (primary N) is 1. The van der Waals surface area contributed by atoms with Crippen LogP contribution in [0.4, 0.5) is 4.79 Å². The van der Waals surface area contributed by atoms with Crippen molar-refractivity contribution in [1.82, 2.24) is 10.2 Å². The Kier molecular flexibility index (Phi) is 6.32. The normalized spacial score (nSPS) is 17.5. The number of carbonyl (C=O) groups is 1. The summed E-state index contributed by atoms with van der Waals surface area (Å²) < 4.78 is 0. The van der Waals surface area contributed by atoms with Gasteiger partial charge in [0.25, 0.3) is 0 Å². The number of oxime groups is 1. The molecule has 0 unspecified atom stereocenters. The maximum absolute atomic E-state index is 12.1. The maximum atomic E-state index is 12.1. The van der Waals surface area contributed by atoms with Gasteiger partial charge in [-0.2, -0.15) is 0 Å². The average molecular weight is 256 g/mol. The van der Waals surface area contributed by atoms with Crippen molar-refractivity contribution >= 4 is 11.9 Å². The summed E-state index contributed by atoms with van der Waals surface area (Å²) in [5, 5.41) is 14.5. The first kappa shape index (κ1) is 14.6. The predicted octanol–water partition coefficient (Wildman–Crippen LogP) is 1.49. The third-order valence-corrected chi connectivity index (χ3v) is 3.19. The predicted molar refractivity (Wildman–Crippen MR) is 70.7 cm³/mol. The van der Waals surface area contributed by atoms with E-state index in [0.29, 0.717) is 6.54 Å². The van der Waals surface area contributed by atoms with Gasteiger partial charge in [-0.25, -0.2) is 4.79 Å². The molecule has 0 radical (unpaired) electrons. The van der Waals surface area contributed by atoms with Gasteiger partial charge in [-0.15, -0.1) is 0 Å². The Bertz CT molecular complexity index is 288. The Labute approximate surface area is 108 Å². The van der Waals surface area contributed by atoms with Crippen LogP contribution >= 0.6 is 0 Å². The Hall–Kier alpha value is -1.46. The fourth-order valence-electron chi connectivity index (χ4n) is 2.26. The van der Waals surface area contributed by atoms with Crippen molar-refractivity contribution in [2.24, 2.45) is 10.9 Å². The Morgan fingerprint density at radius 3 is 2.67 bits per heavy atom. The monoisotopic (exact) mass is 256 g/mol. The average Bonchev–Trinajstić information content (AvgIpc) is 2.39. The molecule has 0 heterocycles. The second-order valence-electron chi connectivity index (χ2n) is 4.80. The lowest BCUT2D eigenvalue weighted by atomic mass is 9.96. The molecule has 104 valence electrons. The number of amidine groups is 1. The van der Waals surface area contributed by atoms with Gasteiger partial charge in [-0.1, -0.05) is 31.3 Å². The summed E-state index contributed by atoms with van der Waals surface area (Å²) in [7, 11) is 0. The number of nitrogens with zero attached hydrogens (tertiary/aromatic N) is 2. The van der Waals surface area contributed by atoms with Crippen LogP contribution in [0.3, 0.4) is 0 Å². The highest BCUT2D eigenvalue weighted by molar-refractivity contribution is 5.86. The van der Waals surface area contributed by atoms with Crippen LogP contribution in [0, 0.1) is 0 Å². The lowest BCUT2D eigenvalue weighted by Crippen LogP contribution is -2.48. The SMILES string of the molecule is CCCN(CC(N)=NO)C(=O)NC1CCCCC1. The van der Waals surface area contributed by atoms with E-state index in [9.17, 15) is 4.79 Å². The molecule has 18 heavy (non-hydrogen) atoms. The van der Waals surface area contributed by atoms with Crippen LogP contribution in [-0.4, -0.2) is 41.1 Å². The molecule has 0 aromatic carbocycles. The maximum Gasteiger partial charge on any atom is 0.318 e. The van der Waals surface area contributed by atoms with E-state index in [1.807, 2.05) is 6.92 Å². The minimum Gasteiger partial charge on any atom is -0.409 e. The second-order valence-corrected chi connectivity index (χ2v) is 4.80. The topological polar surface area (TPSA) is 90.9 Å². The van der Waals surface area contributed by atoms with E-state index in [0.717, 1.165) is 19.3 Å². The van der Waals surface area contributed by atoms with Gasteiger partial charge in [0.1, 0.15) is 0 Å². The van der Waals surface area contributed by atoms with Crippen molar-refractivity contribution in [3.05, 3.63) is 0 Å². The molecule has 1 saturated carbocycles. The van der Waals surface area contributed by atoms with Crippen LogP contribution in [0.15, 0.2) is 5.16 Å². The molecule has 0 spiro atoms. The van der Waals surface area contributed by atoms with Crippen LogP contribution in [0.5, 0.6) is 0 Å². The number of carbonyl (C=O) groups excluding carboxylic acids is 1. The van der Waals surface area contributed by atoms with Crippen molar-refractivity contribution in [1.29, 1.82) is 0 Å². The molecule has 1 fully saturated rings. The minimum atomic E-state index is -0.115. The fraction of sp³-hybridized carbons (Fsp3) is 0.833. The van der Waals surface area contributed by atoms with Gasteiger partial charge in [-0.3, -0.25) is 0 Å². The Morgan fingerprint density at radius 2 is 2.11 bits per heavy atom. The molecule has 0 aromatic heterocycles. The molecular formula is C12H24N4O2. The van der Waals surface area contributed by atoms with Crippen molar-refractivity contribution in [3.63, 3.8) is 0 Å². The van der Waals surface area contributed by atoms with Crippen LogP contribution in [0.25, 0.3) is 0 Å². The molecular weight excluding hydrogens is 232 g/mol. The summed E-state index contributed by atoms with van der Waals surface area (Å²) in [6, 6.07) is 0.160. The van der Waals surface area contributed by atoms with Crippen LogP contribution < -0.4 is 11.1 Å². The molecule has 1 aliphatic carbocycles. The standard InChI is InChI=1S/C12H24N4O2/c1-2-8-16(9-11(13)15-18)12(17)14-10-6-4-3-5-7-10/h10,18H,2-9H2,1H3,(H2,13,15)(H,14,17). The van der Waals surface area contributed by atoms with Crippen molar-refractivity contribution in [2.75, 3.05) is 13.1 Å². The smallest absolute Gasteiger partial charge is 0.318 e. The lowest BCUT2D eigenvalue weighted by molar-refractivity contribution is 0.196. The zero-order chi connectivity index (χ0) is 13.4. The summed E-state index contributed by atoms with van der Waals surface area (Å²) in [4.78, 5) is 13.7. The van der Waals surface area contributed by atoms with Crippen molar-refractivity contribution in [2.45, 2.75) is 51.5 Å². The zero-order valence-corrected chi connectivity index (χ0v) is 11.1. The molecule has 0 atom stereocenters. The van der Waals surface area contributed by atoms with Gasteiger partial charge in [0.05, 0.1) is 6.54 Å². The summed E-state index contributed by atoms with van der Waals surface area (Å²) in [6.07, 6.45) is 6.56. The van der Waals surface area contributed by atoms with E-state index in [1.54, 1.807) is 4.90 Å². The Morgan fingerprint density at radius 1 is 1.44 bits per heavy atom. The molecule has 0 aliphatic heterocycles.